The molecule has 0 unspecified atom stereocenters. The molecule has 1 N–H and O–H groups in total. The smallest absolute Gasteiger partial charge is 0.261 e. The summed E-state index contributed by atoms with van der Waals surface area (Å²) in [5, 5.41) is 11.1. The van der Waals surface area contributed by atoms with Crippen LogP contribution in [-0.2, 0) is 13.5 Å². The van der Waals surface area contributed by atoms with Gasteiger partial charge in [-0.05, 0) is 14.0 Å². The summed E-state index contributed by atoms with van der Waals surface area (Å²) in [5.74, 6) is 1.25. The van der Waals surface area contributed by atoms with E-state index in [1.54, 1.807) is 10.9 Å². The molecule has 0 aliphatic heterocycles. The molecule has 86 valence electrons. The average Bonchev–Trinajstić information content (AvgIpc) is 2.85. The average molecular weight is 221 g/mol. The summed E-state index contributed by atoms with van der Waals surface area (Å²) in [6.45, 7) is 2.81. The first-order valence-electron chi connectivity index (χ1n) is 5.18. The molecule has 2 rings (SSSR count). The van der Waals surface area contributed by atoms with Gasteiger partial charge in [-0.3, -0.25) is 4.68 Å². The minimum absolute atomic E-state index is 0.539. The van der Waals surface area contributed by atoms with Crippen molar-refractivity contribution in [3.63, 3.8) is 0 Å². The van der Waals surface area contributed by atoms with Crippen molar-refractivity contribution in [2.75, 3.05) is 13.6 Å². The van der Waals surface area contributed by atoms with Crippen LogP contribution in [0.5, 0.6) is 0 Å². The maximum atomic E-state index is 5.20. The number of nitrogens with zero attached hydrogens (tertiary/aromatic N) is 4. The molecule has 0 radical (unpaired) electrons. The fraction of sp³-hybridized carbons (Fsp3) is 0.500. The minimum Gasteiger partial charge on any atom is -0.334 e. The Bertz CT molecular complexity index is 473. The van der Waals surface area contributed by atoms with Crippen LogP contribution >= 0.6 is 0 Å². The van der Waals surface area contributed by atoms with Gasteiger partial charge in [0.25, 0.3) is 5.89 Å². The first-order valence-corrected chi connectivity index (χ1v) is 5.18. The second kappa shape index (κ2) is 4.44. The van der Waals surface area contributed by atoms with Gasteiger partial charge in [-0.15, -0.1) is 0 Å². The van der Waals surface area contributed by atoms with E-state index in [1.807, 2.05) is 21.0 Å². The second-order valence-electron chi connectivity index (χ2n) is 3.64. The third-order valence-corrected chi connectivity index (χ3v) is 2.53. The van der Waals surface area contributed by atoms with E-state index in [0.717, 1.165) is 24.2 Å². The SMILES string of the molecule is CNCCc1noc(-c2cnn(C)c2C)n1. The van der Waals surface area contributed by atoms with Crippen LogP contribution in [0.15, 0.2) is 10.7 Å². The van der Waals surface area contributed by atoms with Crippen molar-refractivity contribution in [1.29, 1.82) is 0 Å². The lowest BCUT2D eigenvalue weighted by molar-refractivity contribution is 0.421. The molecule has 0 aliphatic carbocycles. The topological polar surface area (TPSA) is 68.8 Å². The first-order chi connectivity index (χ1) is 7.72. The Balaban J connectivity index is 2.21. The van der Waals surface area contributed by atoms with Gasteiger partial charge in [0.1, 0.15) is 0 Å². The molecule has 0 amide bonds. The zero-order chi connectivity index (χ0) is 11.5. The van der Waals surface area contributed by atoms with Gasteiger partial charge in [0.15, 0.2) is 5.82 Å². The molecular weight excluding hydrogens is 206 g/mol. The second-order valence-corrected chi connectivity index (χ2v) is 3.64. The Morgan fingerprint density at radius 3 is 2.94 bits per heavy atom. The van der Waals surface area contributed by atoms with Crippen LogP contribution in [0.25, 0.3) is 11.5 Å². The Morgan fingerprint density at radius 1 is 1.50 bits per heavy atom. The van der Waals surface area contributed by atoms with Crippen LogP contribution in [0.2, 0.25) is 0 Å². The summed E-state index contributed by atoms with van der Waals surface area (Å²) in [7, 11) is 3.78. The summed E-state index contributed by atoms with van der Waals surface area (Å²) in [5.41, 5.74) is 1.91. The Kier molecular flexibility index (Phi) is 3.00. The number of likely N-dealkylation sites (N-methyl/N-ethyl adjacent to an activating group) is 1. The first kappa shape index (κ1) is 10.8. The van der Waals surface area contributed by atoms with Crippen LogP contribution in [-0.4, -0.2) is 33.5 Å². The van der Waals surface area contributed by atoms with Gasteiger partial charge in [-0.25, -0.2) is 0 Å². The van der Waals surface area contributed by atoms with E-state index in [-0.39, 0.29) is 0 Å². The Labute approximate surface area is 93.7 Å². The van der Waals surface area contributed by atoms with Gasteiger partial charge in [0.2, 0.25) is 0 Å². The Hall–Kier alpha value is -1.69. The highest BCUT2D eigenvalue weighted by atomic mass is 16.5. The van der Waals surface area contributed by atoms with Gasteiger partial charge < -0.3 is 9.84 Å². The summed E-state index contributed by atoms with van der Waals surface area (Å²) >= 11 is 0. The molecule has 16 heavy (non-hydrogen) atoms. The molecule has 6 heteroatoms. The van der Waals surface area contributed by atoms with E-state index in [9.17, 15) is 0 Å². The van der Waals surface area contributed by atoms with Crippen LogP contribution in [0.3, 0.4) is 0 Å². The van der Waals surface area contributed by atoms with Gasteiger partial charge in [0, 0.05) is 25.7 Å². The molecule has 0 aliphatic rings. The van der Waals surface area contributed by atoms with Gasteiger partial charge >= 0.3 is 0 Å². The minimum atomic E-state index is 0.539. The molecule has 0 bridgehead atoms. The highest BCUT2D eigenvalue weighted by molar-refractivity contribution is 5.54. The Morgan fingerprint density at radius 2 is 2.31 bits per heavy atom. The van der Waals surface area contributed by atoms with Crippen molar-refractivity contribution in [3.05, 3.63) is 17.7 Å². The molecule has 0 saturated carbocycles. The van der Waals surface area contributed by atoms with Crippen LogP contribution in [0.1, 0.15) is 11.5 Å². The lowest BCUT2D eigenvalue weighted by Crippen LogP contribution is -2.11. The van der Waals surface area contributed by atoms with Crippen LogP contribution in [0.4, 0.5) is 0 Å². The number of hydrogen-bond acceptors (Lipinski definition) is 5. The van der Waals surface area contributed by atoms with Crippen molar-refractivity contribution in [2.45, 2.75) is 13.3 Å². The highest BCUT2D eigenvalue weighted by Gasteiger charge is 2.13. The predicted molar refractivity (Wildman–Crippen MR) is 58.9 cm³/mol. The van der Waals surface area contributed by atoms with Crippen molar-refractivity contribution < 1.29 is 4.52 Å². The summed E-state index contributed by atoms with van der Waals surface area (Å²) in [6, 6.07) is 0. The zero-order valence-electron chi connectivity index (χ0n) is 9.69. The fourth-order valence-electron chi connectivity index (χ4n) is 1.41. The van der Waals surface area contributed by atoms with Crippen LogP contribution < -0.4 is 5.32 Å². The van der Waals surface area contributed by atoms with Gasteiger partial charge in [-0.1, -0.05) is 5.16 Å². The lowest BCUT2D eigenvalue weighted by Gasteiger charge is -1.93. The third kappa shape index (κ3) is 1.96. The van der Waals surface area contributed by atoms with Gasteiger partial charge in [-0.2, -0.15) is 10.1 Å². The van der Waals surface area contributed by atoms with E-state index in [4.69, 9.17) is 4.52 Å². The monoisotopic (exact) mass is 221 g/mol. The summed E-state index contributed by atoms with van der Waals surface area (Å²) < 4.78 is 6.98. The van der Waals surface area contributed by atoms with Crippen molar-refractivity contribution in [2.24, 2.45) is 7.05 Å². The number of aryl methyl sites for hydroxylation is 1. The standard InChI is InChI=1S/C10H15N5O/c1-7-8(6-12-15(7)3)10-13-9(14-16-10)4-5-11-2/h6,11H,4-5H2,1-3H3. The van der Waals surface area contributed by atoms with Crippen molar-refractivity contribution in [3.8, 4) is 11.5 Å². The number of hydrogen-bond donors (Lipinski definition) is 1. The highest BCUT2D eigenvalue weighted by Crippen LogP contribution is 2.20. The molecular formula is C10H15N5O. The molecule has 0 spiro atoms. The summed E-state index contributed by atoms with van der Waals surface area (Å²) in [6.07, 6.45) is 2.50. The number of rotatable bonds is 4. The van der Waals surface area contributed by atoms with E-state index < -0.39 is 0 Å². The number of aromatic nitrogens is 4. The normalized spacial score (nSPS) is 10.9. The maximum Gasteiger partial charge on any atom is 0.261 e. The fourth-order valence-corrected chi connectivity index (χ4v) is 1.41. The largest absolute Gasteiger partial charge is 0.334 e. The number of nitrogens with one attached hydrogen (secondary N) is 1. The van der Waals surface area contributed by atoms with E-state index in [2.05, 4.69) is 20.6 Å². The molecule has 2 aromatic rings. The molecule has 0 atom stereocenters. The zero-order valence-corrected chi connectivity index (χ0v) is 9.69. The molecule has 2 heterocycles. The van der Waals surface area contributed by atoms with E-state index >= 15 is 0 Å². The van der Waals surface area contributed by atoms with Crippen LogP contribution in [0, 0.1) is 6.92 Å². The lowest BCUT2D eigenvalue weighted by atomic mass is 10.2. The van der Waals surface area contributed by atoms with Gasteiger partial charge in [0.05, 0.1) is 11.8 Å². The van der Waals surface area contributed by atoms with E-state index in [0.29, 0.717) is 11.7 Å². The molecule has 6 nitrogen and oxygen atoms in total. The van der Waals surface area contributed by atoms with E-state index in [1.165, 1.54) is 0 Å². The van der Waals surface area contributed by atoms with Crippen molar-refractivity contribution in [1.82, 2.24) is 25.2 Å². The predicted octanol–water partition coefficient (Wildman–Crippen LogP) is 0.540. The molecule has 0 fully saturated rings. The maximum absolute atomic E-state index is 5.20. The van der Waals surface area contributed by atoms with Crippen molar-refractivity contribution >= 4 is 0 Å². The third-order valence-electron chi connectivity index (χ3n) is 2.53. The molecule has 0 aromatic carbocycles. The summed E-state index contributed by atoms with van der Waals surface area (Å²) in [4.78, 5) is 4.32. The molecule has 0 saturated heterocycles. The molecule has 2 aromatic heterocycles. The quantitative estimate of drug-likeness (QED) is 0.816.